The van der Waals surface area contributed by atoms with Crippen molar-refractivity contribution < 1.29 is 4.42 Å². The number of anilines is 1. The molecule has 2 rings (SSSR count). The van der Waals surface area contributed by atoms with E-state index in [9.17, 15) is 0 Å². The number of benzene rings is 1. The van der Waals surface area contributed by atoms with Crippen LogP contribution in [0, 0.1) is 6.92 Å². The predicted molar refractivity (Wildman–Crippen MR) is 64.3 cm³/mol. The van der Waals surface area contributed by atoms with Gasteiger partial charge in [0.2, 0.25) is 0 Å². The topological polar surface area (TPSA) is 90.1 Å². The quantitative estimate of drug-likeness (QED) is 0.710. The van der Waals surface area contributed by atoms with Crippen molar-refractivity contribution in [2.75, 3.05) is 18.4 Å². The molecule has 0 spiro atoms. The summed E-state index contributed by atoms with van der Waals surface area (Å²) >= 11 is 0. The lowest BCUT2D eigenvalue weighted by Crippen LogP contribution is -2.36. The van der Waals surface area contributed by atoms with Gasteiger partial charge in [0, 0.05) is 37.8 Å². The number of aromatic nitrogens is 1. The summed E-state index contributed by atoms with van der Waals surface area (Å²) in [5.74, 6) is 0.672. The number of hydrogen-bond donors (Lipinski definition) is 3. The standard InChI is InChI=1S/C11H16N4O/c1-7-15-10-3-2-9(4-11(10)16-7)14-6-8(13)5-12/h2-4,8,14H,5-6,12-13H2,1H3. The molecule has 1 heterocycles. The molecule has 0 fully saturated rings. The smallest absolute Gasteiger partial charge is 0.192 e. The molecule has 1 aromatic heterocycles. The third kappa shape index (κ3) is 2.32. The highest BCUT2D eigenvalue weighted by Crippen LogP contribution is 2.19. The van der Waals surface area contributed by atoms with Gasteiger partial charge >= 0.3 is 0 Å². The van der Waals surface area contributed by atoms with E-state index >= 15 is 0 Å². The molecule has 0 aliphatic carbocycles. The van der Waals surface area contributed by atoms with Gasteiger partial charge in [0.1, 0.15) is 5.52 Å². The second kappa shape index (κ2) is 4.51. The van der Waals surface area contributed by atoms with Crippen LogP contribution in [0.3, 0.4) is 0 Å². The van der Waals surface area contributed by atoms with E-state index in [1.165, 1.54) is 0 Å². The van der Waals surface area contributed by atoms with Gasteiger partial charge in [0.15, 0.2) is 11.5 Å². The van der Waals surface area contributed by atoms with E-state index in [4.69, 9.17) is 15.9 Å². The van der Waals surface area contributed by atoms with Crippen molar-refractivity contribution in [1.29, 1.82) is 0 Å². The summed E-state index contributed by atoms with van der Waals surface area (Å²) in [6, 6.07) is 5.75. The van der Waals surface area contributed by atoms with E-state index in [-0.39, 0.29) is 6.04 Å². The van der Waals surface area contributed by atoms with E-state index in [2.05, 4.69) is 10.3 Å². The van der Waals surface area contributed by atoms with Crippen LogP contribution in [0.2, 0.25) is 0 Å². The SMILES string of the molecule is Cc1nc2ccc(NCC(N)CN)cc2o1. The van der Waals surface area contributed by atoms with Crippen molar-refractivity contribution in [3.8, 4) is 0 Å². The number of nitrogens with two attached hydrogens (primary N) is 2. The lowest BCUT2D eigenvalue weighted by Gasteiger charge is -2.10. The van der Waals surface area contributed by atoms with Crippen LogP contribution in [0.4, 0.5) is 5.69 Å². The summed E-state index contributed by atoms with van der Waals surface area (Å²) in [6.45, 7) is 2.95. The Balaban J connectivity index is 2.13. The summed E-state index contributed by atoms with van der Waals surface area (Å²) in [6.07, 6.45) is 0. The van der Waals surface area contributed by atoms with Gasteiger partial charge < -0.3 is 21.2 Å². The summed E-state index contributed by atoms with van der Waals surface area (Å²) in [5, 5.41) is 3.20. The molecule has 1 aromatic carbocycles. The number of fused-ring (bicyclic) bond motifs is 1. The average molecular weight is 220 g/mol. The Morgan fingerprint density at radius 2 is 2.31 bits per heavy atom. The zero-order chi connectivity index (χ0) is 11.5. The zero-order valence-electron chi connectivity index (χ0n) is 9.23. The van der Waals surface area contributed by atoms with Gasteiger partial charge in [-0.05, 0) is 12.1 Å². The Bertz CT molecular complexity index is 480. The molecule has 0 aliphatic rings. The van der Waals surface area contributed by atoms with Crippen molar-refractivity contribution in [2.45, 2.75) is 13.0 Å². The Hall–Kier alpha value is -1.59. The molecule has 0 saturated heterocycles. The number of aryl methyl sites for hydroxylation is 1. The molecular formula is C11H16N4O. The van der Waals surface area contributed by atoms with Gasteiger partial charge in [-0.1, -0.05) is 0 Å². The molecule has 5 N–H and O–H groups in total. The van der Waals surface area contributed by atoms with Gasteiger partial charge in [0.05, 0.1) is 0 Å². The Morgan fingerprint density at radius 1 is 1.50 bits per heavy atom. The van der Waals surface area contributed by atoms with E-state index in [0.29, 0.717) is 19.0 Å². The van der Waals surface area contributed by atoms with Crippen molar-refractivity contribution in [1.82, 2.24) is 4.98 Å². The average Bonchev–Trinajstić information content (AvgIpc) is 2.65. The molecule has 5 heteroatoms. The van der Waals surface area contributed by atoms with Crippen molar-refractivity contribution in [3.63, 3.8) is 0 Å². The van der Waals surface area contributed by atoms with Crippen LogP contribution < -0.4 is 16.8 Å². The lowest BCUT2D eigenvalue weighted by atomic mass is 10.2. The highest BCUT2D eigenvalue weighted by atomic mass is 16.3. The van der Waals surface area contributed by atoms with E-state index in [1.54, 1.807) is 0 Å². The summed E-state index contributed by atoms with van der Waals surface area (Å²) in [5.41, 5.74) is 13.8. The third-order valence-corrected chi connectivity index (χ3v) is 2.37. The first-order valence-corrected chi connectivity index (χ1v) is 5.26. The Kier molecular flexibility index (Phi) is 3.07. The maximum absolute atomic E-state index is 5.71. The monoisotopic (exact) mass is 220 g/mol. The minimum atomic E-state index is -0.0350. The van der Waals surface area contributed by atoms with Crippen LogP contribution in [0.5, 0.6) is 0 Å². The molecule has 5 nitrogen and oxygen atoms in total. The van der Waals surface area contributed by atoms with Gasteiger partial charge in [0.25, 0.3) is 0 Å². The Morgan fingerprint density at radius 3 is 3.06 bits per heavy atom. The maximum atomic E-state index is 5.71. The fourth-order valence-corrected chi connectivity index (χ4v) is 1.48. The number of nitrogens with one attached hydrogen (secondary N) is 1. The van der Waals surface area contributed by atoms with Crippen LogP contribution in [-0.2, 0) is 0 Å². The first kappa shape index (κ1) is 10.9. The number of oxazole rings is 1. The van der Waals surface area contributed by atoms with Crippen molar-refractivity contribution >= 4 is 16.8 Å². The molecule has 0 bridgehead atoms. The van der Waals surface area contributed by atoms with Crippen LogP contribution in [0.1, 0.15) is 5.89 Å². The molecule has 0 amide bonds. The van der Waals surface area contributed by atoms with Crippen LogP contribution >= 0.6 is 0 Å². The molecule has 16 heavy (non-hydrogen) atoms. The normalized spacial score (nSPS) is 12.9. The number of hydrogen-bond acceptors (Lipinski definition) is 5. The zero-order valence-corrected chi connectivity index (χ0v) is 9.23. The number of rotatable bonds is 4. The van der Waals surface area contributed by atoms with E-state index < -0.39 is 0 Å². The maximum Gasteiger partial charge on any atom is 0.192 e. The highest BCUT2D eigenvalue weighted by Gasteiger charge is 2.04. The highest BCUT2D eigenvalue weighted by molar-refractivity contribution is 5.77. The number of nitrogens with zero attached hydrogens (tertiary/aromatic N) is 1. The third-order valence-electron chi connectivity index (χ3n) is 2.37. The molecule has 0 saturated carbocycles. The fourth-order valence-electron chi connectivity index (χ4n) is 1.48. The molecule has 86 valence electrons. The van der Waals surface area contributed by atoms with Crippen LogP contribution in [-0.4, -0.2) is 24.1 Å². The first-order valence-electron chi connectivity index (χ1n) is 5.26. The van der Waals surface area contributed by atoms with Gasteiger partial charge in [-0.3, -0.25) is 0 Å². The van der Waals surface area contributed by atoms with Crippen molar-refractivity contribution in [3.05, 3.63) is 24.1 Å². The predicted octanol–water partition coefficient (Wildman–Crippen LogP) is 0.834. The minimum absolute atomic E-state index is 0.0350. The van der Waals surface area contributed by atoms with Gasteiger partial charge in [-0.15, -0.1) is 0 Å². The van der Waals surface area contributed by atoms with Crippen molar-refractivity contribution in [2.24, 2.45) is 11.5 Å². The van der Waals surface area contributed by atoms with Gasteiger partial charge in [-0.25, -0.2) is 4.98 Å². The summed E-state index contributed by atoms with van der Waals surface area (Å²) < 4.78 is 5.43. The Labute approximate surface area is 93.8 Å². The molecule has 0 aliphatic heterocycles. The molecule has 2 aromatic rings. The second-order valence-corrected chi connectivity index (χ2v) is 3.79. The fraction of sp³-hybridized carbons (Fsp3) is 0.364. The second-order valence-electron chi connectivity index (χ2n) is 3.79. The first-order chi connectivity index (χ1) is 7.69. The van der Waals surface area contributed by atoms with Crippen LogP contribution in [0.25, 0.3) is 11.1 Å². The summed E-state index contributed by atoms with van der Waals surface area (Å²) in [7, 11) is 0. The lowest BCUT2D eigenvalue weighted by molar-refractivity contribution is 0.561. The summed E-state index contributed by atoms with van der Waals surface area (Å²) in [4.78, 5) is 4.23. The largest absolute Gasteiger partial charge is 0.441 e. The molecule has 1 atom stereocenters. The van der Waals surface area contributed by atoms with Crippen LogP contribution in [0.15, 0.2) is 22.6 Å². The van der Waals surface area contributed by atoms with E-state index in [1.807, 2.05) is 25.1 Å². The minimum Gasteiger partial charge on any atom is -0.441 e. The van der Waals surface area contributed by atoms with Gasteiger partial charge in [-0.2, -0.15) is 0 Å². The molecular weight excluding hydrogens is 204 g/mol. The van der Waals surface area contributed by atoms with E-state index in [0.717, 1.165) is 16.8 Å². The molecule has 0 radical (unpaired) electrons. The molecule has 1 unspecified atom stereocenters.